The molecule has 0 radical (unpaired) electrons. The van der Waals surface area contributed by atoms with Gasteiger partial charge in [-0.25, -0.2) is 9.67 Å². The minimum absolute atomic E-state index is 0.0772. The number of hydrogen-bond acceptors (Lipinski definition) is 6. The van der Waals surface area contributed by atoms with Crippen LogP contribution in [0, 0.1) is 23.2 Å². The number of amides is 2. The van der Waals surface area contributed by atoms with Crippen LogP contribution in [0.15, 0.2) is 36.5 Å². The van der Waals surface area contributed by atoms with E-state index in [9.17, 15) is 20.0 Å². The predicted octanol–water partition coefficient (Wildman–Crippen LogP) is 1.09. The molecule has 1 aliphatic rings. The van der Waals surface area contributed by atoms with Crippen LogP contribution in [-0.4, -0.2) is 55.8 Å². The van der Waals surface area contributed by atoms with Crippen LogP contribution in [-0.2, 0) is 4.79 Å². The number of aromatic nitrogens is 3. The number of likely N-dealkylation sites (N-methyl/N-ethyl adjacent to an activating group) is 1. The Kier molecular flexibility index (Phi) is 5.13. The Morgan fingerprint density at radius 3 is 2.81 bits per heavy atom. The van der Waals surface area contributed by atoms with E-state index in [0.717, 1.165) is 0 Å². The Hall–Kier alpha value is -4.21. The molecular formula is C23H20N6O3. The van der Waals surface area contributed by atoms with Crippen LogP contribution in [0.5, 0.6) is 0 Å². The van der Waals surface area contributed by atoms with Crippen LogP contribution in [0.1, 0.15) is 40.9 Å². The summed E-state index contributed by atoms with van der Waals surface area (Å²) in [6, 6.07) is 10.7. The molecule has 160 valence electrons. The van der Waals surface area contributed by atoms with Crippen molar-refractivity contribution in [2.75, 3.05) is 13.6 Å². The molecule has 1 fully saturated rings. The van der Waals surface area contributed by atoms with Gasteiger partial charge in [0, 0.05) is 31.8 Å². The van der Waals surface area contributed by atoms with Crippen molar-refractivity contribution in [3.8, 4) is 23.6 Å². The average molecular weight is 428 g/mol. The van der Waals surface area contributed by atoms with Crippen LogP contribution >= 0.6 is 0 Å². The fourth-order valence-electron chi connectivity index (χ4n) is 3.61. The van der Waals surface area contributed by atoms with E-state index >= 15 is 0 Å². The number of nitrogens with two attached hydrogens (primary N) is 1. The second-order valence-electron chi connectivity index (χ2n) is 7.75. The van der Waals surface area contributed by atoms with Gasteiger partial charge in [-0.3, -0.25) is 9.59 Å². The SMILES string of the molecule is CC(C#N)c1cc(C#C[C@]2(O)CCN(C)C2=O)cc(-n2nc(C(N)=O)c3cccnc32)c1. The Balaban J connectivity index is 1.88. The molecule has 3 N–H and O–H groups in total. The van der Waals surface area contributed by atoms with E-state index in [4.69, 9.17) is 5.73 Å². The van der Waals surface area contributed by atoms with Gasteiger partial charge in [-0.05, 0) is 42.8 Å². The topological polar surface area (TPSA) is 138 Å². The molecule has 0 spiro atoms. The van der Waals surface area contributed by atoms with E-state index in [1.165, 1.54) is 9.58 Å². The monoisotopic (exact) mass is 428 g/mol. The average Bonchev–Trinajstić information content (AvgIpc) is 3.31. The normalized spacial score (nSPS) is 18.8. The zero-order valence-corrected chi connectivity index (χ0v) is 17.5. The molecule has 9 heteroatoms. The van der Waals surface area contributed by atoms with Gasteiger partial charge in [-0.2, -0.15) is 10.4 Å². The van der Waals surface area contributed by atoms with E-state index in [2.05, 4.69) is 28.0 Å². The maximum Gasteiger partial charge on any atom is 0.269 e. The first-order chi connectivity index (χ1) is 15.2. The first-order valence-electron chi connectivity index (χ1n) is 9.93. The van der Waals surface area contributed by atoms with E-state index in [1.807, 2.05) is 0 Å². The molecule has 2 atom stereocenters. The van der Waals surface area contributed by atoms with Crippen LogP contribution in [0.2, 0.25) is 0 Å². The molecule has 1 aliphatic heterocycles. The number of hydrogen-bond donors (Lipinski definition) is 2. The molecule has 0 saturated carbocycles. The molecule has 0 aliphatic carbocycles. The fraction of sp³-hybridized carbons (Fsp3) is 0.261. The predicted molar refractivity (Wildman–Crippen MR) is 115 cm³/mol. The number of likely N-dealkylation sites (tertiary alicyclic amines) is 1. The number of carbonyl (C=O) groups is 2. The Bertz CT molecular complexity index is 1360. The largest absolute Gasteiger partial charge is 0.369 e. The molecule has 32 heavy (non-hydrogen) atoms. The van der Waals surface area contributed by atoms with E-state index in [0.29, 0.717) is 34.4 Å². The number of aliphatic hydroxyl groups is 1. The molecule has 1 unspecified atom stereocenters. The van der Waals surface area contributed by atoms with Gasteiger partial charge < -0.3 is 15.7 Å². The van der Waals surface area contributed by atoms with E-state index in [-0.39, 0.29) is 12.1 Å². The van der Waals surface area contributed by atoms with Gasteiger partial charge >= 0.3 is 0 Å². The van der Waals surface area contributed by atoms with Crippen LogP contribution in [0.3, 0.4) is 0 Å². The van der Waals surface area contributed by atoms with Crippen LogP contribution in [0.4, 0.5) is 0 Å². The maximum absolute atomic E-state index is 12.2. The minimum atomic E-state index is -1.75. The van der Waals surface area contributed by atoms with Gasteiger partial charge in [-0.1, -0.05) is 11.8 Å². The van der Waals surface area contributed by atoms with Crippen molar-refractivity contribution in [3.05, 3.63) is 53.3 Å². The third-order valence-electron chi connectivity index (χ3n) is 5.48. The van der Waals surface area contributed by atoms with Crippen molar-refractivity contribution in [1.82, 2.24) is 19.7 Å². The molecule has 9 nitrogen and oxygen atoms in total. The Labute approximate surface area is 184 Å². The number of rotatable bonds is 3. The van der Waals surface area contributed by atoms with Gasteiger partial charge in [-0.15, -0.1) is 0 Å². The lowest BCUT2D eigenvalue weighted by Crippen LogP contribution is -2.37. The first-order valence-corrected chi connectivity index (χ1v) is 9.93. The Morgan fingerprint density at radius 2 is 2.16 bits per heavy atom. The third kappa shape index (κ3) is 3.55. The number of nitriles is 1. The van der Waals surface area contributed by atoms with Gasteiger partial charge in [0.15, 0.2) is 11.3 Å². The lowest BCUT2D eigenvalue weighted by molar-refractivity contribution is -0.137. The van der Waals surface area contributed by atoms with Gasteiger partial charge in [0.25, 0.3) is 11.8 Å². The van der Waals surface area contributed by atoms with Crippen molar-refractivity contribution in [2.45, 2.75) is 24.9 Å². The zero-order chi connectivity index (χ0) is 23.0. The summed E-state index contributed by atoms with van der Waals surface area (Å²) in [5.74, 6) is 3.98. The molecule has 1 aromatic carbocycles. The minimum Gasteiger partial charge on any atom is -0.369 e. The molecular weight excluding hydrogens is 408 g/mol. The fourth-order valence-corrected chi connectivity index (χ4v) is 3.61. The lowest BCUT2D eigenvalue weighted by Gasteiger charge is -2.13. The number of carbonyl (C=O) groups excluding carboxylic acids is 2. The highest BCUT2D eigenvalue weighted by Gasteiger charge is 2.42. The first kappa shape index (κ1) is 21.0. The summed E-state index contributed by atoms with van der Waals surface area (Å²) in [7, 11) is 1.61. The summed E-state index contributed by atoms with van der Waals surface area (Å²) in [5.41, 5.74) is 5.91. The highest BCUT2D eigenvalue weighted by molar-refractivity contribution is 6.03. The smallest absolute Gasteiger partial charge is 0.269 e. The third-order valence-corrected chi connectivity index (χ3v) is 5.48. The Morgan fingerprint density at radius 1 is 1.38 bits per heavy atom. The molecule has 0 bridgehead atoms. The molecule has 4 rings (SSSR count). The highest BCUT2D eigenvalue weighted by Crippen LogP contribution is 2.25. The summed E-state index contributed by atoms with van der Waals surface area (Å²) in [6.45, 7) is 2.16. The summed E-state index contributed by atoms with van der Waals surface area (Å²) in [4.78, 5) is 29.9. The number of nitrogens with zero attached hydrogens (tertiary/aromatic N) is 5. The summed E-state index contributed by atoms with van der Waals surface area (Å²) in [6.07, 6.45) is 1.79. The van der Waals surface area contributed by atoms with Gasteiger partial charge in [0.05, 0.1) is 23.1 Å². The summed E-state index contributed by atoms with van der Waals surface area (Å²) < 4.78 is 1.47. The van der Waals surface area contributed by atoms with Crippen molar-refractivity contribution in [3.63, 3.8) is 0 Å². The van der Waals surface area contributed by atoms with Gasteiger partial charge in [0.1, 0.15) is 0 Å². The molecule has 3 aromatic rings. The quantitative estimate of drug-likeness (QED) is 0.599. The lowest BCUT2D eigenvalue weighted by atomic mass is 9.98. The second kappa shape index (κ2) is 7.80. The molecule has 3 heterocycles. The molecule has 2 aromatic heterocycles. The zero-order valence-electron chi connectivity index (χ0n) is 17.5. The van der Waals surface area contributed by atoms with Gasteiger partial charge in [0.2, 0.25) is 5.60 Å². The number of pyridine rings is 1. The van der Waals surface area contributed by atoms with E-state index < -0.39 is 23.3 Å². The number of fused-ring (bicyclic) bond motifs is 1. The van der Waals surface area contributed by atoms with Crippen molar-refractivity contribution < 1.29 is 14.7 Å². The van der Waals surface area contributed by atoms with Crippen LogP contribution < -0.4 is 5.73 Å². The second-order valence-corrected chi connectivity index (χ2v) is 7.75. The molecule has 1 saturated heterocycles. The molecule has 2 amide bonds. The maximum atomic E-state index is 12.2. The van der Waals surface area contributed by atoms with Crippen molar-refractivity contribution in [2.24, 2.45) is 5.73 Å². The summed E-state index contributed by atoms with van der Waals surface area (Å²) in [5, 5.41) is 24.9. The van der Waals surface area contributed by atoms with Crippen molar-refractivity contribution in [1.29, 1.82) is 5.26 Å². The standard InChI is InChI=1S/C23H20N6O3/c1-14(13-24)16-10-15(5-6-23(32)7-9-28(2)22(23)31)11-17(12-16)29-21-18(4-3-8-26-21)19(27-29)20(25)30/h3-4,8,10-12,14,32H,7,9H2,1-2H3,(H2,25,30)/t14?,23-/m0/s1. The van der Waals surface area contributed by atoms with Crippen LogP contribution in [0.25, 0.3) is 16.7 Å². The number of benzene rings is 1. The highest BCUT2D eigenvalue weighted by atomic mass is 16.3. The van der Waals surface area contributed by atoms with Crippen molar-refractivity contribution >= 4 is 22.8 Å². The summed E-state index contributed by atoms with van der Waals surface area (Å²) >= 11 is 0. The number of primary amides is 1. The van der Waals surface area contributed by atoms with E-state index in [1.54, 1.807) is 50.5 Å².